The third-order valence-electron chi connectivity index (χ3n) is 3.17. The molecule has 1 aromatic rings. The van der Waals surface area contributed by atoms with Crippen molar-refractivity contribution in [1.29, 1.82) is 0 Å². The number of aliphatic hydroxyl groups excluding tert-OH is 1. The van der Waals surface area contributed by atoms with Gasteiger partial charge in [-0.1, -0.05) is 34.1 Å². The number of ether oxygens (including phenoxy) is 1. The molecule has 0 bridgehead atoms. The maximum Gasteiger partial charge on any atom is 0.410 e. The Balaban J connectivity index is 2.23. The van der Waals surface area contributed by atoms with Gasteiger partial charge in [0.15, 0.2) is 0 Å². The monoisotopic (exact) mass is 341 g/mol. The molecule has 4 nitrogen and oxygen atoms in total. The van der Waals surface area contributed by atoms with Crippen LogP contribution in [0.5, 0.6) is 0 Å². The number of benzene rings is 1. The summed E-state index contributed by atoms with van der Waals surface area (Å²) in [5.41, 5.74) is 0.457. The summed E-state index contributed by atoms with van der Waals surface area (Å²) < 4.78 is 6.36. The van der Waals surface area contributed by atoms with Crippen LogP contribution in [0.25, 0.3) is 0 Å². The Bertz CT molecular complexity index is 498. The molecule has 1 saturated heterocycles. The van der Waals surface area contributed by atoms with E-state index in [0.29, 0.717) is 13.0 Å². The van der Waals surface area contributed by atoms with Crippen LogP contribution in [0, 0.1) is 0 Å². The number of aliphatic hydroxyl groups is 1. The summed E-state index contributed by atoms with van der Waals surface area (Å²) in [6.45, 7) is 5.82. The normalized spacial score (nSPS) is 22.9. The fourth-order valence-electron chi connectivity index (χ4n) is 2.38. The molecule has 1 aliphatic heterocycles. The molecule has 0 aromatic heterocycles. The van der Waals surface area contributed by atoms with Gasteiger partial charge in [0.2, 0.25) is 0 Å². The highest BCUT2D eigenvalue weighted by Gasteiger charge is 2.38. The topological polar surface area (TPSA) is 49.8 Å². The molecule has 110 valence electrons. The van der Waals surface area contributed by atoms with Crippen molar-refractivity contribution in [1.82, 2.24) is 4.90 Å². The van der Waals surface area contributed by atoms with E-state index in [1.54, 1.807) is 4.90 Å². The van der Waals surface area contributed by atoms with E-state index in [4.69, 9.17) is 4.74 Å². The van der Waals surface area contributed by atoms with Gasteiger partial charge in [-0.3, -0.25) is 4.90 Å². The summed E-state index contributed by atoms with van der Waals surface area (Å²) in [6, 6.07) is 7.60. The Morgan fingerprint density at radius 1 is 1.40 bits per heavy atom. The minimum atomic E-state index is -0.539. The highest BCUT2D eigenvalue weighted by molar-refractivity contribution is 9.10. The number of nitrogens with zero attached hydrogens (tertiary/aromatic N) is 1. The molecule has 0 radical (unpaired) electrons. The molecule has 1 N–H and O–H groups in total. The molecule has 2 unspecified atom stereocenters. The van der Waals surface area contributed by atoms with Gasteiger partial charge in [0.1, 0.15) is 5.60 Å². The van der Waals surface area contributed by atoms with E-state index >= 15 is 0 Å². The van der Waals surface area contributed by atoms with Gasteiger partial charge < -0.3 is 9.84 Å². The Labute approximate surface area is 127 Å². The lowest BCUT2D eigenvalue weighted by Gasteiger charge is -2.29. The number of halogens is 1. The second-order valence-corrected chi connectivity index (χ2v) is 6.91. The van der Waals surface area contributed by atoms with E-state index in [1.807, 2.05) is 45.0 Å². The van der Waals surface area contributed by atoms with Crippen molar-refractivity contribution in [3.63, 3.8) is 0 Å². The van der Waals surface area contributed by atoms with Crippen LogP contribution in [0.15, 0.2) is 28.7 Å². The van der Waals surface area contributed by atoms with Gasteiger partial charge >= 0.3 is 6.09 Å². The molecule has 20 heavy (non-hydrogen) atoms. The van der Waals surface area contributed by atoms with E-state index < -0.39 is 11.7 Å². The molecule has 1 aromatic carbocycles. The Hall–Kier alpha value is -1.07. The van der Waals surface area contributed by atoms with Gasteiger partial charge in [0, 0.05) is 4.47 Å². The molecule has 1 amide bonds. The molecule has 1 aliphatic rings. The molecule has 0 aliphatic carbocycles. The number of rotatable bonds is 1. The molecule has 0 spiro atoms. The number of hydrogen-bond donors (Lipinski definition) is 1. The van der Waals surface area contributed by atoms with Gasteiger partial charge in [0.05, 0.1) is 18.7 Å². The first-order chi connectivity index (χ1) is 9.28. The minimum absolute atomic E-state index is 0.157. The van der Waals surface area contributed by atoms with Crippen LogP contribution in [0.3, 0.4) is 0 Å². The standard InChI is InChI=1S/C15H20BrNO3/c1-15(2,3)20-14(19)17-9-10(18)8-13(17)11-6-4-5-7-12(11)16/h4-7,10,13,18H,8-9H2,1-3H3. The molecule has 1 fully saturated rings. The molecular weight excluding hydrogens is 322 g/mol. The van der Waals surface area contributed by atoms with E-state index in [0.717, 1.165) is 10.0 Å². The van der Waals surface area contributed by atoms with Gasteiger partial charge in [-0.15, -0.1) is 0 Å². The summed E-state index contributed by atoms with van der Waals surface area (Å²) in [5.74, 6) is 0. The van der Waals surface area contributed by atoms with Crippen molar-refractivity contribution in [3.05, 3.63) is 34.3 Å². The van der Waals surface area contributed by atoms with Crippen LogP contribution in [-0.4, -0.2) is 34.3 Å². The molecule has 0 saturated carbocycles. The fraction of sp³-hybridized carbons (Fsp3) is 0.533. The van der Waals surface area contributed by atoms with Crippen molar-refractivity contribution in [2.75, 3.05) is 6.54 Å². The zero-order valence-corrected chi connectivity index (χ0v) is 13.6. The highest BCUT2D eigenvalue weighted by atomic mass is 79.9. The summed E-state index contributed by atoms with van der Waals surface area (Å²) in [6.07, 6.45) is -0.364. The van der Waals surface area contributed by atoms with E-state index in [2.05, 4.69) is 15.9 Å². The van der Waals surface area contributed by atoms with Crippen molar-refractivity contribution >= 4 is 22.0 Å². The summed E-state index contributed by atoms with van der Waals surface area (Å²) >= 11 is 3.50. The zero-order valence-electron chi connectivity index (χ0n) is 12.0. The van der Waals surface area contributed by atoms with Crippen LogP contribution >= 0.6 is 15.9 Å². The smallest absolute Gasteiger partial charge is 0.410 e. The first-order valence-corrected chi connectivity index (χ1v) is 7.49. The van der Waals surface area contributed by atoms with Crippen LogP contribution in [0.1, 0.15) is 38.8 Å². The minimum Gasteiger partial charge on any atom is -0.444 e. The van der Waals surface area contributed by atoms with Crippen molar-refractivity contribution in [2.24, 2.45) is 0 Å². The maximum absolute atomic E-state index is 12.3. The lowest BCUT2D eigenvalue weighted by atomic mass is 10.0. The molecule has 2 rings (SSSR count). The molecule has 5 heteroatoms. The Morgan fingerprint density at radius 3 is 2.65 bits per heavy atom. The summed E-state index contributed by atoms with van der Waals surface area (Å²) in [4.78, 5) is 13.9. The number of likely N-dealkylation sites (tertiary alicyclic amines) is 1. The second-order valence-electron chi connectivity index (χ2n) is 6.06. The zero-order chi connectivity index (χ0) is 14.9. The van der Waals surface area contributed by atoms with Gasteiger partial charge in [-0.2, -0.15) is 0 Å². The number of amides is 1. The fourth-order valence-corrected chi connectivity index (χ4v) is 2.93. The van der Waals surface area contributed by atoms with Crippen LogP contribution < -0.4 is 0 Å². The maximum atomic E-state index is 12.3. The van der Waals surface area contributed by atoms with E-state index in [9.17, 15) is 9.90 Å². The van der Waals surface area contributed by atoms with Crippen LogP contribution in [0.4, 0.5) is 4.79 Å². The molecule has 1 heterocycles. The number of β-amino-alcohol motifs (C(OH)–C–C–N with tert-alkyl or cyclic N) is 1. The van der Waals surface area contributed by atoms with E-state index in [-0.39, 0.29) is 12.1 Å². The Kier molecular flexibility index (Phi) is 4.39. The summed E-state index contributed by atoms with van der Waals surface area (Å²) in [7, 11) is 0. The van der Waals surface area contributed by atoms with Gasteiger partial charge in [-0.05, 0) is 38.8 Å². The first-order valence-electron chi connectivity index (χ1n) is 6.70. The molecular formula is C15H20BrNO3. The predicted molar refractivity (Wildman–Crippen MR) is 80.4 cm³/mol. The average Bonchev–Trinajstić information content (AvgIpc) is 2.69. The predicted octanol–water partition coefficient (Wildman–Crippen LogP) is 3.49. The van der Waals surface area contributed by atoms with Crippen LogP contribution in [0.2, 0.25) is 0 Å². The molecule has 2 atom stereocenters. The number of carbonyl (C=O) groups is 1. The lowest BCUT2D eigenvalue weighted by molar-refractivity contribution is 0.0206. The number of hydrogen-bond acceptors (Lipinski definition) is 3. The second kappa shape index (κ2) is 5.74. The first kappa shape index (κ1) is 15.3. The SMILES string of the molecule is CC(C)(C)OC(=O)N1CC(O)CC1c1ccccc1Br. The van der Waals surface area contributed by atoms with E-state index in [1.165, 1.54) is 0 Å². The summed E-state index contributed by atoms with van der Waals surface area (Å²) in [5, 5.41) is 9.90. The quantitative estimate of drug-likeness (QED) is 0.850. The van der Waals surface area contributed by atoms with Gasteiger partial charge in [0.25, 0.3) is 0 Å². The van der Waals surface area contributed by atoms with Crippen molar-refractivity contribution in [2.45, 2.75) is 44.9 Å². The number of carbonyl (C=O) groups excluding carboxylic acids is 1. The van der Waals surface area contributed by atoms with Crippen molar-refractivity contribution in [3.8, 4) is 0 Å². The Morgan fingerprint density at radius 2 is 2.05 bits per heavy atom. The highest BCUT2D eigenvalue weighted by Crippen LogP contribution is 2.36. The average molecular weight is 342 g/mol. The third-order valence-corrected chi connectivity index (χ3v) is 3.89. The third kappa shape index (κ3) is 3.52. The lowest BCUT2D eigenvalue weighted by Crippen LogP contribution is -2.37. The van der Waals surface area contributed by atoms with Crippen LogP contribution in [-0.2, 0) is 4.74 Å². The van der Waals surface area contributed by atoms with Gasteiger partial charge in [-0.25, -0.2) is 4.79 Å². The van der Waals surface area contributed by atoms with Crippen molar-refractivity contribution < 1.29 is 14.6 Å². The largest absolute Gasteiger partial charge is 0.444 e.